The van der Waals surface area contributed by atoms with E-state index >= 15 is 0 Å². The topological polar surface area (TPSA) is 41.6 Å². The van der Waals surface area contributed by atoms with Gasteiger partial charge in [0.2, 0.25) is 5.91 Å². The van der Waals surface area contributed by atoms with Crippen LogP contribution in [-0.2, 0) is 16.0 Å². The average Bonchev–Trinajstić information content (AvgIpc) is 2.68. The zero-order chi connectivity index (χ0) is 18.4. The van der Waals surface area contributed by atoms with Crippen LogP contribution in [0.3, 0.4) is 0 Å². The molecule has 2 aliphatic heterocycles. The van der Waals surface area contributed by atoms with Crippen molar-refractivity contribution in [2.75, 3.05) is 39.9 Å². The summed E-state index contributed by atoms with van der Waals surface area (Å²) in [7, 11) is 1.72. The molecule has 4 nitrogen and oxygen atoms in total. The number of carbonyl (C=O) groups is 1. The first-order chi connectivity index (χ1) is 12.6. The van der Waals surface area contributed by atoms with Gasteiger partial charge in [-0.3, -0.25) is 4.79 Å². The van der Waals surface area contributed by atoms with E-state index < -0.39 is 0 Å². The molecule has 152 valence electrons. The standard InChI is InChI=1S/C22H34N2O2.ClH/c1-18-3-5-19(6-4-18)7-8-20-9-15-24(16-10-20)21(25)22(17-26-2)11-13-23-14-12-22;/h3-6,20,23H,7-17H2,1-2H3;1H. The largest absolute Gasteiger partial charge is 0.384 e. The Balaban J connectivity index is 0.00000261. The van der Waals surface area contributed by atoms with Crippen LogP contribution in [0.5, 0.6) is 0 Å². The Morgan fingerprint density at radius 1 is 1.19 bits per heavy atom. The minimum absolute atomic E-state index is 0. The van der Waals surface area contributed by atoms with Crippen molar-refractivity contribution in [3.63, 3.8) is 0 Å². The molecule has 1 aromatic carbocycles. The molecule has 1 aromatic rings. The van der Waals surface area contributed by atoms with Gasteiger partial charge in [-0.2, -0.15) is 0 Å². The van der Waals surface area contributed by atoms with E-state index in [0.717, 1.165) is 64.2 Å². The van der Waals surface area contributed by atoms with Crippen molar-refractivity contribution < 1.29 is 9.53 Å². The second kappa shape index (κ2) is 10.4. The first-order valence-electron chi connectivity index (χ1n) is 10.2. The number of nitrogens with one attached hydrogen (secondary N) is 1. The van der Waals surface area contributed by atoms with Crippen LogP contribution < -0.4 is 5.32 Å². The molecule has 5 heteroatoms. The Morgan fingerprint density at radius 2 is 1.81 bits per heavy atom. The number of ether oxygens (including phenoxy) is 1. The van der Waals surface area contributed by atoms with Crippen LogP contribution in [0.25, 0.3) is 0 Å². The third-order valence-electron chi connectivity index (χ3n) is 6.30. The number of halogens is 1. The summed E-state index contributed by atoms with van der Waals surface area (Å²) < 4.78 is 5.44. The maximum Gasteiger partial charge on any atom is 0.231 e. The smallest absolute Gasteiger partial charge is 0.231 e. The van der Waals surface area contributed by atoms with Gasteiger partial charge in [-0.05, 0) is 70.0 Å². The Morgan fingerprint density at radius 3 is 2.41 bits per heavy atom. The Bertz CT molecular complexity index is 571. The van der Waals surface area contributed by atoms with Crippen molar-refractivity contribution in [2.24, 2.45) is 11.3 Å². The number of amides is 1. The predicted molar refractivity (Wildman–Crippen MR) is 112 cm³/mol. The summed E-state index contributed by atoms with van der Waals surface area (Å²) in [5.74, 6) is 1.07. The van der Waals surface area contributed by atoms with Crippen LogP contribution in [0.4, 0.5) is 0 Å². The van der Waals surface area contributed by atoms with Gasteiger partial charge in [-0.1, -0.05) is 29.8 Å². The molecule has 2 saturated heterocycles. The molecule has 2 aliphatic rings. The lowest BCUT2D eigenvalue weighted by Gasteiger charge is -2.42. The summed E-state index contributed by atoms with van der Waals surface area (Å²) in [6.07, 6.45) is 6.45. The molecule has 0 atom stereocenters. The highest BCUT2D eigenvalue weighted by atomic mass is 35.5. The Hall–Kier alpha value is -1.10. The summed E-state index contributed by atoms with van der Waals surface area (Å²) in [6, 6.07) is 8.90. The molecule has 0 radical (unpaired) electrons. The lowest BCUT2D eigenvalue weighted by Crippen LogP contribution is -2.53. The minimum Gasteiger partial charge on any atom is -0.384 e. The van der Waals surface area contributed by atoms with E-state index in [0.29, 0.717) is 12.5 Å². The van der Waals surface area contributed by atoms with Crippen LogP contribution in [-0.4, -0.2) is 50.7 Å². The number of benzene rings is 1. The van der Waals surface area contributed by atoms with Gasteiger partial charge in [-0.15, -0.1) is 12.4 Å². The summed E-state index contributed by atoms with van der Waals surface area (Å²) in [6.45, 7) is 6.35. The van der Waals surface area contributed by atoms with Gasteiger partial charge in [0.05, 0.1) is 12.0 Å². The van der Waals surface area contributed by atoms with Crippen LogP contribution in [0.1, 0.15) is 43.2 Å². The highest BCUT2D eigenvalue weighted by Gasteiger charge is 2.42. The van der Waals surface area contributed by atoms with Gasteiger partial charge in [-0.25, -0.2) is 0 Å². The second-order valence-electron chi connectivity index (χ2n) is 8.22. The number of hydrogen-bond acceptors (Lipinski definition) is 3. The molecular formula is C22H35ClN2O2. The highest BCUT2D eigenvalue weighted by molar-refractivity contribution is 5.85. The molecule has 0 saturated carbocycles. The maximum absolute atomic E-state index is 13.2. The SMILES string of the molecule is COCC1(C(=O)N2CCC(CCc3ccc(C)cc3)CC2)CCNCC1.Cl. The van der Waals surface area contributed by atoms with Crippen LogP contribution in [0, 0.1) is 18.3 Å². The summed E-state index contributed by atoms with van der Waals surface area (Å²) in [5, 5.41) is 3.37. The van der Waals surface area contributed by atoms with Crippen LogP contribution in [0.15, 0.2) is 24.3 Å². The quantitative estimate of drug-likeness (QED) is 0.801. The molecule has 27 heavy (non-hydrogen) atoms. The number of nitrogens with zero attached hydrogens (tertiary/aromatic N) is 1. The Kier molecular flexibility index (Phi) is 8.59. The molecule has 1 amide bonds. The monoisotopic (exact) mass is 394 g/mol. The van der Waals surface area contributed by atoms with E-state index in [4.69, 9.17) is 4.74 Å². The minimum atomic E-state index is -0.297. The number of aryl methyl sites for hydroxylation is 2. The van der Waals surface area contributed by atoms with Crippen LogP contribution in [0.2, 0.25) is 0 Å². The van der Waals surface area contributed by atoms with E-state index in [1.807, 2.05) is 0 Å². The zero-order valence-electron chi connectivity index (χ0n) is 16.8. The molecule has 0 spiro atoms. The first kappa shape index (κ1) is 22.2. The lowest BCUT2D eigenvalue weighted by molar-refractivity contribution is -0.149. The van der Waals surface area contributed by atoms with E-state index in [-0.39, 0.29) is 17.8 Å². The lowest BCUT2D eigenvalue weighted by atomic mass is 9.77. The van der Waals surface area contributed by atoms with E-state index in [1.54, 1.807) is 7.11 Å². The van der Waals surface area contributed by atoms with Gasteiger partial charge in [0.15, 0.2) is 0 Å². The maximum atomic E-state index is 13.2. The first-order valence-corrected chi connectivity index (χ1v) is 10.2. The molecule has 1 N–H and O–H groups in total. The zero-order valence-corrected chi connectivity index (χ0v) is 17.7. The number of likely N-dealkylation sites (tertiary alicyclic amines) is 1. The van der Waals surface area contributed by atoms with Crippen molar-refractivity contribution in [3.05, 3.63) is 35.4 Å². The van der Waals surface area contributed by atoms with Gasteiger partial charge < -0.3 is 15.0 Å². The Labute approximate surface area is 170 Å². The molecule has 2 heterocycles. The normalized spacial score (nSPS) is 20.1. The second-order valence-corrected chi connectivity index (χ2v) is 8.22. The summed E-state index contributed by atoms with van der Waals surface area (Å²) in [4.78, 5) is 15.3. The van der Waals surface area contributed by atoms with Gasteiger partial charge in [0.1, 0.15) is 0 Å². The molecular weight excluding hydrogens is 360 g/mol. The predicted octanol–water partition coefficient (Wildman–Crippen LogP) is 3.60. The molecule has 0 unspecified atom stereocenters. The van der Waals surface area contributed by atoms with Gasteiger partial charge in [0.25, 0.3) is 0 Å². The number of methoxy groups -OCH3 is 1. The highest BCUT2D eigenvalue weighted by Crippen LogP contribution is 2.33. The number of hydrogen-bond donors (Lipinski definition) is 1. The van der Waals surface area contributed by atoms with Crippen molar-refractivity contribution in [2.45, 2.75) is 45.4 Å². The molecule has 2 fully saturated rings. The van der Waals surface area contributed by atoms with Gasteiger partial charge in [0, 0.05) is 20.2 Å². The average molecular weight is 395 g/mol. The molecule has 3 rings (SSSR count). The number of carbonyl (C=O) groups excluding carboxylic acids is 1. The molecule has 0 aliphatic carbocycles. The third kappa shape index (κ3) is 5.69. The van der Waals surface area contributed by atoms with Crippen molar-refractivity contribution in [3.8, 4) is 0 Å². The fourth-order valence-corrected chi connectivity index (χ4v) is 4.49. The summed E-state index contributed by atoms with van der Waals surface area (Å²) >= 11 is 0. The van der Waals surface area contributed by atoms with Crippen molar-refractivity contribution >= 4 is 18.3 Å². The van der Waals surface area contributed by atoms with Crippen molar-refractivity contribution in [1.29, 1.82) is 0 Å². The third-order valence-corrected chi connectivity index (χ3v) is 6.30. The fraction of sp³-hybridized carbons (Fsp3) is 0.682. The van der Waals surface area contributed by atoms with E-state index in [9.17, 15) is 4.79 Å². The molecule has 0 aromatic heterocycles. The number of rotatable bonds is 6. The summed E-state index contributed by atoms with van der Waals surface area (Å²) in [5.41, 5.74) is 2.46. The van der Waals surface area contributed by atoms with Gasteiger partial charge >= 0.3 is 0 Å². The molecule has 0 bridgehead atoms. The van der Waals surface area contributed by atoms with Crippen LogP contribution >= 0.6 is 12.4 Å². The van der Waals surface area contributed by atoms with E-state index in [1.165, 1.54) is 17.5 Å². The number of piperidine rings is 2. The fourth-order valence-electron chi connectivity index (χ4n) is 4.49. The van der Waals surface area contributed by atoms with E-state index in [2.05, 4.69) is 41.4 Å². The van der Waals surface area contributed by atoms with Crippen molar-refractivity contribution in [1.82, 2.24) is 10.2 Å².